The Kier molecular flexibility index (Phi) is 4.97. The highest BCUT2D eigenvalue weighted by molar-refractivity contribution is 5.60. The first-order valence-electron chi connectivity index (χ1n) is 7.81. The number of H-pyrrole nitrogens is 1. The van der Waals surface area contributed by atoms with E-state index in [0.29, 0.717) is 0 Å². The molecule has 0 atom stereocenters. The molecule has 5 heteroatoms. The van der Waals surface area contributed by atoms with E-state index in [2.05, 4.69) is 37.8 Å². The summed E-state index contributed by atoms with van der Waals surface area (Å²) in [6.07, 6.45) is 4.09. The van der Waals surface area contributed by atoms with E-state index in [-0.39, 0.29) is 0 Å². The fraction of sp³-hybridized carbons (Fsp3) is 0.500. The van der Waals surface area contributed by atoms with Gasteiger partial charge in [0.2, 0.25) is 0 Å². The molecule has 2 heterocycles. The maximum atomic E-state index is 4.27. The average molecular weight is 285 g/mol. The van der Waals surface area contributed by atoms with E-state index in [1.54, 1.807) is 0 Å². The summed E-state index contributed by atoms with van der Waals surface area (Å²) in [4.78, 5) is 2.54. The molecular formula is C16H23N5. The first-order chi connectivity index (χ1) is 10.4. The predicted molar refractivity (Wildman–Crippen MR) is 83.8 cm³/mol. The monoisotopic (exact) mass is 285 g/mol. The van der Waals surface area contributed by atoms with Crippen molar-refractivity contribution in [3.05, 3.63) is 36.0 Å². The van der Waals surface area contributed by atoms with Crippen LogP contribution >= 0.6 is 0 Å². The van der Waals surface area contributed by atoms with Gasteiger partial charge in [-0.25, -0.2) is 0 Å². The van der Waals surface area contributed by atoms with Gasteiger partial charge in [0.25, 0.3) is 0 Å². The van der Waals surface area contributed by atoms with Crippen molar-refractivity contribution in [3.63, 3.8) is 0 Å². The van der Waals surface area contributed by atoms with Gasteiger partial charge in [-0.1, -0.05) is 36.8 Å². The number of aromatic amines is 1. The lowest BCUT2D eigenvalue weighted by atomic mass is 10.1. The highest BCUT2D eigenvalue weighted by Gasteiger charge is 2.11. The molecule has 21 heavy (non-hydrogen) atoms. The van der Waals surface area contributed by atoms with Crippen LogP contribution in [0.25, 0.3) is 11.3 Å². The summed E-state index contributed by atoms with van der Waals surface area (Å²) in [7, 11) is 0. The summed E-state index contributed by atoms with van der Waals surface area (Å²) < 4.78 is 0. The standard InChI is InChI=1S/C16H23N5/c1-3-7-14(8-4-1)16-15(18-20-19-16)13-17-9-12-21-10-5-2-6-11-21/h1,3-4,7-8,17H,2,5-6,9-13H2,(H,18,19,20). The molecule has 112 valence electrons. The lowest BCUT2D eigenvalue weighted by molar-refractivity contribution is 0.229. The quantitative estimate of drug-likeness (QED) is 0.798. The zero-order valence-corrected chi connectivity index (χ0v) is 12.4. The second-order valence-electron chi connectivity index (χ2n) is 5.56. The van der Waals surface area contributed by atoms with Crippen LogP contribution in [0.3, 0.4) is 0 Å². The smallest absolute Gasteiger partial charge is 0.117 e. The molecule has 0 radical (unpaired) electrons. The van der Waals surface area contributed by atoms with Crippen LogP contribution in [0, 0.1) is 0 Å². The first kappa shape index (κ1) is 14.2. The Balaban J connectivity index is 1.49. The van der Waals surface area contributed by atoms with Crippen LogP contribution in [-0.2, 0) is 6.54 Å². The van der Waals surface area contributed by atoms with Crippen LogP contribution in [0.1, 0.15) is 25.0 Å². The summed E-state index contributed by atoms with van der Waals surface area (Å²) in [6, 6.07) is 10.2. The SMILES string of the molecule is c1ccc(-c2n[nH]nc2CNCCN2CCCCC2)cc1. The van der Waals surface area contributed by atoms with Crippen LogP contribution in [0.5, 0.6) is 0 Å². The van der Waals surface area contributed by atoms with Gasteiger partial charge in [-0.15, -0.1) is 0 Å². The maximum absolute atomic E-state index is 4.27. The van der Waals surface area contributed by atoms with Gasteiger partial charge in [-0.2, -0.15) is 15.4 Å². The molecule has 1 fully saturated rings. The Morgan fingerprint density at radius 1 is 1.05 bits per heavy atom. The zero-order valence-electron chi connectivity index (χ0n) is 12.4. The summed E-state index contributed by atoms with van der Waals surface area (Å²) >= 11 is 0. The van der Waals surface area contributed by atoms with Crippen molar-refractivity contribution in [2.45, 2.75) is 25.8 Å². The molecule has 1 aliphatic rings. The molecule has 5 nitrogen and oxygen atoms in total. The number of benzene rings is 1. The third-order valence-corrected chi connectivity index (χ3v) is 4.01. The van der Waals surface area contributed by atoms with Gasteiger partial charge < -0.3 is 10.2 Å². The third kappa shape index (κ3) is 3.89. The van der Waals surface area contributed by atoms with E-state index >= 15 is 0 Å². The van der Waals surface area contributed by atoms with Crippen LogP contribution < -0.4 is 5.32 Å². The largest absolute Gasteiger partial charge is 0.310 e. The zero-order chi connectivity index (χ0) is 14.3. The molecule has 0 spiro atoms. The topological polar surface area (TPSA) is 56.8 Å². The number of nitrogens with one attached hydrogen (secondary N) is 2. The average Bonchev–Trinajstić information content (AvgIpc) is 3.02. The number of rotatable bonds is 6. The van der Waals surface area contributed by atoms with E-state index in [1.165, 1.54) is 32.4 Å². The van der Waals surface area contributed by atoms with E-state index in [1.807, 2.05) is 18.2 Å². The number of hydrogen-bond acceptors (Lipinski definition) is 4. The first-order valence-corrected chi connectivity index (χ1v) is 7.81. The van der Waals surface area contributed by atoms with Crippen molar-refractivity contribution < 1.29 is 0 Å². The lowest BCUT2D eigenvalue weighted by Crippen LogP contribution is -2.35. The highest BCUT2D eigenvalue weighted by atomic mass is 15.3. The maximum Gasteiger partial charge on any atom is 0.117 e. The van der Waals surface area contributed by atoms with Crippen molar-refractivity contribution >= 4 is 0 Å². The van der Waals surface area contributed by atoms with E-state index in [9.17, 15) is 0 Å². The van der Waals surface area contributed by atoms with Crippen LogP contribution in [-0.4, -0.2) is 46.5 Å². The molecule has 3 rings (SSSR count). The van der Waals surface area contributed by atoms with Crippen molar-refractivity contribution in [3.8, 4) is 11.3 Å². The normalized spacial score (nSPS) is 16.2. The minimum atomic E-state index is 0.758. The molecule has 0 amide bonds. The van der Waals surface area contributed by atoms with Gasteiger partial charge >= 0.3 is 0 Å². The van der Waals surface area contributed by atoms with E-state index < -0.39 is 0 Å². The molecule has 0 aliphatic carbocycles. The summed E-state index contributed by atoms with van der Waals surface area (Å²) in [5.41, 5.74) is 3.04. The van der Waals surface area contributed by atoms with Gasteiger partial charge in [0.05, 0.1) is 0 Å². The molecule has 1 aromatic heterocycles. The van der Waals surface area contributed by atoms with Gasteiger partial charge in [-0.3, -0.25) is 0 Å². The van der Waals surface area contributed by atoms with E-state index in [0.717, 1.165) is 36.6 Å². The molecular weight excluding hydrogens is 262 g/mol. The molecule has 0 saturated carbocycles. The van der Waals surface area contributed by atoms with Crippen molar-refractivity contribution in [2.75, 3.05) is 26.2 Å². The van der Waals surface area contributed by atoms with Crippen molar-refractivity contribution in [1.82, 2.24) is 25.6 Å². The fourth-order valence-corrected chi connectivity index (χ4v) is 2.83. The van der Waals surface area contributed by atoms with Crippen molar-refractivity contribution in [2.24, 2.45) is 0 Å². The Bertz CT molecular complexity index is 531. The molecule has 2 aromatic rings. The van der Waals surface area contributed by atoms with Gasteiger partial charge in [0, 0.05) is 25.2 Å². The number of hydrogen-bond donors (Lipinski definition) is 2. The van der Waals surface area contributed by atoms with Gasteiger partial charge in [-0.05, 0) is 25.9 Å². The minimum Gasteiger partial charge on any atom is -0.310 e. The molecule has 0 bridgehead atoms. The molecule has 1 aromatic carbocycles. The van der Waals surface area contributed by atoms with Crippen LogP contribution in [0.15, 0.2) is 30.3 Å². The number of nitrogens with zero attached hydrogens (tertiary/aromatic N) is 3. The number of aromatic nitrogens is 3. The molecule has 1 saturated heterocycles. The second-order valence-corrected chi connectivity index (χ2v) is 5.56. The molecule has 0 unspecified atom stereocenters. The Labute approximate surface area is 125 Å². The van der Waals surface area contributed by atoms with Gasteiger partial charge in [0.1, 0.15) is 11.4 Å². The van der Waals surface area contributed by atoms with Crippen molar-refractivity contribution in [1.29, 1.82) is 0 Å². The Morgan fingerprint density at radius 2 is 1.86 bits per heavy atom. The van der Waals surface area contributed by atoms with Gasteiger partial charge in [0.15, 0.2) is 0 Å². The molecule has 1 aliphatic heterocycles. The second kappa shape index (κ2) is 7.33. The fourth-order valence-electron chi connectivity index (χ4n) is 2.83. The molecule has 2 N–H and O–H groups in total. The number of likely N-dealkylation sites (tertiary alicyclic amines) is 1. The number of piperidine rings is 1. The summed E-state index contributed by atoms with van der Waals surface area (Å²) in [5.74, 6) is 0. The Morgan fingerprint density at radius 3 is 2.67 bits per heavy atom. The summed E-state index contributed by atoms with van der Waals surface area (Å²) in [6.45, 7) is 5.38. The minimum absolute atomic E-state index is 0.758. The predicted octanol–water partition coefficient (Wildman–Crippen LogP) is 2.05. The summed E-state index contributed by atoms with van der Waals surface area (Å²) in [5, 5.41) is 14.8. The lowest BCUT2D eigenvalue weighted by Gasteiger charge is -2.26. The Hall–Kier alpha value is -1.72. The van der Waals surface area contributed by atoms with Crippen LogP contribution in [0.2, 0.25) is 0 Å². The highest BCUT2D eigenvalue weighted by Crippen LogP contribution is 2.18. The van der Waals surface area contributed by atoms with E-state index in [4.69, 9.17) is 0 Å². The third-order valence-electron chi connectivity index (χ3n) is 4.01. The van der Waals surface area contributed by atoms with Crippen LogP contribution in [0.4, 0.5) is 0 Å².